The first-order chi connectivity index (χ1) is 13.2. The number of carbonyl (C=O) groups excluding carboxylic acids is 1. The van der Waals surface area contributed by atoms with Crippen LogP contribution >= 0.6 is 15.9 Å². The van der Waals surface area contributed by atoms with E-state index in [-0.39, 0.29) is 5.91 Å². The number of amides is 1. The molecule has 0 radical (unpaired) electrons. The van der Waals surface area contributed by atoms with E-state index in [1.807, 2.05) is 35.2 Å². The van der Waals surface area contributed by atoms with E-state index in [0.717, 1.165) is 29.7 Å². The summed E-state index contributed by atoms with van der Waals surface area (Å²) in [7, 11) is 0. The fraction of sp³-hybridized carbons (Fsp3) is 0.238. The Morgan fingerprint density at radius 2 is 1.70 bits per heavy atom. The molecule has 0 spiro atoms. The number of hydrogen-bond acceptors (Lipinski definition) is 4. The van der Waals surface area contributed by atoms with Gasteiger partial charge < -0.3 is 9.42 Å². The molecule has 1 aromatic heterocycles. The highest BCUT2D eigenvalue weighted by Gasteiger charge is 2.24. The van der Waals surface area contributed by atoms with Crippen molar-refractivity contribution in [1.82, 2.24) is 15.0 Å². The van der Waals surface area contributed by atoms with Crippen molar-refractivity contribution in [3.63, 3.8) is 0 Å². The van der Waals surface area contributed by atoms with E-state index in [2.05, 4.69) is 50.3 Å². The molecule has 0 unspecified atom stereocenters. The minimum absolute atomic E-state index is 0.0681. The molecule has 4 rings (SSSR count). The van der Waals surface area contributed by atoms with Gasteiger partial charge in [0.25, 0.3) is 5.91 Å². The number of piperazine rings is 1. The van der Waals surface area contributed by atoms with Crippen LogP contribution in [0.4, 0.5) is 0 Å². The lowest BCUT2D eigenvalue weighted by atomic mass is 10.1. The summed E-state index contributed by atoms with van der Waals surface area (Å²) in [5.41, 5.74) is 2.56. The normalized spacial score (nSPS) is 15.1. The van der Waals surface area contributed by atoms with E-state index in [0.29, 0.717) is 24.5 Å². The molecule has 0 saturated carbocycles. The van der Waals surface area contributed by atoms with Crippen LogP contribution in [0.25, 0.3) is 11.3 Å². The number of benzene rings is 2. The van der Waals surface area contributed by atoms with Gasteiger partial charge in [0.05, 0.1) is 0 Å². The molecule has 5 nitrogen and oxygen atoms in total. The lowest BCUT2D eigenvalue weighted by Gasteiger charge is -2.34. The van der Waals surface area contributed by atoms with Crippen molar-refractivity contribution in [2.45, 2.75) is 6.54 Å². The molecular weight excluding hydrogens is 406 g/mol. The molecule has 1 saturated heterocycles. The van der Waals surface area contributed by atoms with Crippen molar-refractivity contribution in [2.24, 2.45) is 0 Å². The Morgan fingerprint density at radius 3 is 2.41 bits per heavy atom. The van der Waals surface area contributed by atoms with Gasteiger partial charge in [-0.15, -0.1) is 0 Å². The summed E-state index contributed by atoms with van der Waals surface area (Å²) >= 11 is 3.41. The van der Waals surface area contributed by atoms with Crippen LogP contribution in [0.3, 0.4) is 0 Å². The Morgan fingerprint density at radius 1 is 1.00 bits per heavy atom. The third kappa shape index (κ3) is 4.28. The summed E-state index contributed by atoms with van der Waals surface area (Å²) in [6, 6.07) is 19.9. The summed E-state index contributed by atoms with van der Waals surface area (Å²) in [5.74, 6) is 0.537. The van der Waals surface area contributed by atoms with Crippen LogP contribution in [-0.2, 0) is 6.54 Å². The molecule has 27 heavy (non-hydrogen) atoms. The molecule has 6 heteroatoms. The molecule has 0 aliphatic carbocycles. The zero-order chi connectivity index (χ0) is 18.6. The Labute approximate surface area is 166 Å². The predicted octanol–water partition coefficient (Wildman–Crippen LogP) is 4.06. The van der Waals surface area contributed by atoms with Crippen LogP contribution in [0.5, 0.6) is 0 Å². The van der Waals surface area contributed by atoms with Crippen molar-refractivity contribution in [2.75, 3.05) is 26.2 Å². The van der Waals surface area contributed by atoms with Gasteiger partial charge in [0.15, 0.2) is 11.5 Å². The molecule has 3 aromatic rings. The maximum Gasteiger partial charge on any atom is 0.276 e. The Hall–Kier alpha value is -2.44. The monoisotopic (exact) mass is 425 g/mol. The molecule has 1 aliphatic heterocycles. The van der Waals surface area contributed by atoms with Crippen molar-refractivity contribution in [1.29, 1.82) is 0 Å². The van der Waals surface area contributed by atoms with Crippen LogP contribution in [0, 0.1) is 0 Å². The van der Waals surface area contributed by atoms with Crippen molar-refractivity contribution < 1.29 is 9.32 Å². The van der Waals surface area contributed by atoms with E-state index in [1.165, 1.54) is 5.56 Å². The van der Waals surface area contributed by atoms with Gasteiger partial charge in [-0.3, -0.25) is 9.69 Å². The highest BCUT2D eigenvalue weighted by Crippen LogP contribution is 2.23. The minimum Gasteiger partial charge on any atom is -0.355 e. The fourth-order valence-corrected chi connectivity index (χ4v) is 3.50. The first kappa shape index (κ1) is 17.9. The highest BCUT2D eigenvalue weighted by atomic mass is 79.9. The van der Waals surface area contributed by atoms with Crippen LogP contribution in [0.15, 0.2) is 69.7 Å². The zero-order valence-electron chi connectivity index (χ0n) is 14.8. The Kier molecular flexibility index (Phi) is 5.36. The Balaban J connectivity index is 1.36. The summed E-state index contributed by atoms with van der Waals surface area (Å²) in [6.07, 6.45) is 0. The van der Waals surface area contributed by atoms with Crippen molar-refractivity contribution >= 4 is 21.8 Å². The second-order valence-electron chi connectivity index (χ2n) is 6.64. The number of carbonyl (C=O) groups is 1. The maximum atomic E-state index is 12.7. The number of hydrogen-bond donors (Lipinski definition) is 0. The molecule has 0 N–H and O–H groups in total. The molecule has 0 atom stereocenters. The predicted molar refractivity (Wildman–Crippen MR) is 107 cm³/mol. The largest absolute Gasteiger partial charge is 0.355 e. The van der Waals surface area contributed by atoms with E-state index in [1.54, 1.807) is 6.07 Å². The summed E-state index contributed by atoms with van der Waals surface area (Å²) < 4.78 is 6.38. The lowest BCUT2D eigenvalue weighted by molar-refractivity contribution is 0.0618. The average Bonchev–Trinajstić information content (AvgIpc) is 3.20. The first-order valence-corrected chi connectivity index (χ1v) is 9.76. The SMILES string of the molecule is O=C(c1cc(-c2ccc(Br)cc2)on1)N1CCN(Cc2ccccc2)CC1. The lowest BCUT2D eigenvalue weighted by Crippen LogP contribution is -2.48. The quantitative estimate of drug-likeness (QED) is 0.632. The summed E-state index contributed by atoms with van der Waals surface area (Å²) in [5, 5.41) is 3.99. The molecule has 1 aliphatic rings. The minimum atomic E-state index is -0.0681. The van der Waals surface area contributed by atoms with Crippen LogP contribution in [-0.4, -0.2) is 47.0 Å². The van der Waals surface area contributed by atoms with Gasteiger partial charge in [0, 0.05) is 48.8 Å². The van der Waals surface area contributed by atoms with Gasteiger partial charge in [-0.05, 0) is 17.7 Å². The second kappa shape index (κ2) is 8.06. The second-order valence-corrected chi connectivity index (χ2v) is 7.55. The van der Waals surface area contributed by atoms with Crippen LogP contribution < -0.4 is 0 Å². The van der Waals surface area contributed by atoms with Crippen molar-refractivity contribution in [3.8, 4) is 11.3 Å². The van der Waals surface area contributed by atoms with Gasteiger partial charge in [-0.2, -0.15) is 0 Å². The van der Waals surface area contributed by atoms with Crippen LogP contribution in [0.1, 0.15) is 16.1 Å². The molecular formula is C21H20BrN3O2. The smallest absolute Gasteiger partial charge is 0.276 e. The summed E-state index contributed by atoms with van der Waals surface area (Å²) in [4.78, 5) is 17.0. The molecule has 0 bridgehead atoms. The number of nitrogens with zero attached hydrogens (tertiary/aromatic N) is 3. The van der Waals surface area contributed by atoms with Gasteiger partial charge in [-0.1, -0.05) is 63.6 Å². The number of halogens is 1. The third-order valence-electron chi connectivity index (χ3n) is 4.77. The summed E-state index contributed by atoms with van der Waals surface area (Å²) in [6.45, 7) is 4.04. The number of aromatic nitrogens is 1. The van der Waals surface area contributed by atoms with Crippen LogP contribution in [0.2, 0.25) is 0 Å². The zero-order valence-corrected chi connectivity index (χ0v) is 16.4. The molecule has 2 aromatic carbocycles. The van der Waals surface area contributed by atoms with E-state index in [9.17, 15) is 4.79 Å². The van der Waals surface area contributed by atoms with Gasteiger partial charge in [0.2, 0.25) is 0 Å². The molecule has 1 amide bonds. The molecule has 1 fully saturated rings. The van der Waals surface area contributed by atoms with E-state index < -0.39 is 0 Å². The number of rotatable bonds is 4. The van der Waals surface area contributed by atoms with Gasteiger partial charge in [0.1, 0.15) is 0 Å². The third-order valence-corrected chi connectivity index (χ3v) is 5.30. The topological polar surface area (TPSA) is 49.6 Å². The average molecular weight is 426 g/mol. The first-order valence-electron chi connectivity index (χ1n) is 8.97. The van der Waals surface area contributed by atoms with Crippen molar-refractivity contribution in [3.05, 3.63) is 76.4 Å². The Bertz CT molecular complexity index is 901. The van der Waals surface area contributed by atoms with Gasteiger partial charge >= 0.3 is 0 Å². The van der Waals surface area contributed by atoms with E-state index in [4.69, 9.17) is 4.52 Å². The van der Waals surface area contributed by atoms with E-state index >= 15 is 0 Å². The maximum absolute atomic E-state index is 12.7. The molecule has 138 valence electrons. The standard InChI is InChI=1S/C21H20BrN3O2/c22-18-8-6-17(7-9-18)20-14-19(23-27-20)21(26)25-12-10-24(11-13-25)15-16-4-2-1-3-5-16/h1-9,14H,10-13,15H2. The highest BCUT2D eigenvalue weighted by molar-refractivity contribution is 9.10. The van der Waals surface area contributed by atoms with Gasteiger partial charge in [-0.25, -0.2) is 0 Å². The molecule has 2 heterocycles. The fourth-order valence-electron chi connectivity index (χ4n) is 3.24.